The predicted molar refractivity (Wildman–Crippen MR) is 106 cm³/mol. The molecule has 166 valence electrons. The number of hydrogen-bond donors (Lipinski definition) is 1. The zero-order valence-corrected chi connectivity index (χ0v) is 17.0. The van der Waals surface area contributed by atoms with Crippen molar-refractivity contribution in [3.63, 3.8) is 0 Å². The summed E-state index contributed by atoms with van der Waals surface area (Å²) in [4.78, 5) is 41.1. The van der Waals surface area contributed by atoms with E-state index in [1.165, 1.54) is 25.0 Å². The zero-order chi connectivity index (χ0) is 22.9. The number of fused-ring (bicyclic) bond motifs is 1. The highest BCUT2D eigenvalue weighted by Crippen LogP contribution is 2.35. The fourth-order valence-corrected chi connectivity index (χ4v) is 3.00. The minimum atomic E-state index is -4.60. The Hall–Kier alpha value is -3.57. The summed E-state index contributed by atoms with van der Waals surface area (Å²) < 4.78 is 48.0. The van der Waals surface area contributed by atoms with E-state index in [0.717, 1.165) is 27.3 Å². The van der Waals surface area contributed by atoms with Crippen molar-refractivity contribution in [1.29, 1.82) is 0 Å². The van der Waals surface area contributed by atoms with Gasteiger partial charge in [0, 0.05) is 14.1 Å². The van der Waals surface area contributed by atoms with Gasteiger partial charge in [-0.2, -0.15) is 13.2 Å². The molecule has 0 radical (unpaired) electrons. The standard InChI is InChI=1S/C19H20F3N5O4/c1-4-7-31-13-6-5-11(19(20,21)22)8-12(13)24-14(28)9-27-10-23-16-15(27)17(29)26(3)18(30)25(16)2/h5-6,8,10H,4,7,9H2,1-3H3,(H,24,28). The lowest BCUT2D eigenvalue weighted by Gasteiger charge is -2.15. The van der Waals surface area contributed by atoms with Gasteiger partial charge >= 0.3 is 11.9 Å². The van der Waals surface area contributed by atoms with E-state index in [4.69, 9.17) is 4.74 Å². The molecule has 2 aromatic heterocycles. The van der Waals surface area contributed by atoms with E-state index in [9.17, 15) is 27.6 Å². The third kappa shape index (κ3) is 4.32. The third-order valence-electron chi connectivity index (χ3n) is 4.57. The van der Waals surface area contributed by atoms with Crippen molar-refractivity contribution in [2.24, 2.45) is 14.1 Å². The van der Waals surface area contributed by atoms with Crippen LogP contribution in [-0.4, -0.2) is 31.2 Å². The van der Waals surface area contributed by atoms with Gasteiger partial charge in [-0.15, -0.1) is 0 Å². The number of nitrogens with one attached hydrogen (secondary N) is 1. The molecule has 0 bridgehead atoms. The summed E-state index contributed by atoms with van der Waals surface area (Å²) in [6.07, 6.45) is -2.76. The van der Waals surface area contributed by atoms with Crippen LogP contribution in [0.15, 0.2) is 34.1 Å². The lowest BCUT2D eigenvalue weighted by Crippen LogP contribution is -2.37. The third-order valence-corrected chi connectivity index (χ3v) is 4.57. The molecule has 12 heteroatoms. The molecule has 0 spiro atoms. The minimum Gasteiger partial charge on any atom is -0.491 e. The summed E-state index contributed by atoms with van der Waals surface area (Å²) in [6.45, 7) is 1.68. The molecule has 0 saturated heterocycles. The Balaban J connectivity index is 1.94. The lowest BCUT2D eigenvalue weighted by molar-refractivity contribution is -0.137. The van der Waals surface area contributed by atoms with E-state index < -0.39 is 35.4 Å². The first-order valence-electron chi connectivity index (χ1n) is 9.29. The molecule has 3 aromatic rings. The number of imidazole rings is 1. The molecule has 0 unspecified atom stereocenters. The number of carbonyl (C=O) groups excluding carboxylic acids is 1. The van der Waals surface area contributed by atoms with Crippen molar-refractivity contribution < 1.29 is 22.7 Å². The first-order chi connectivity index (χ1) is 14.5. The van der Waals surface area contributed by atoms with Gasteiger partial charge in [-0.3, -0.25) is 18.7 Å². The van der Waals surface area contributed by atoms with Crippen molar-refractivity contribution in [2.45, 2.75) is 26.1 Å². The second-order valence-corrected chi connectivity index (χ2v) is 6.86. The highest BCUT2D eigenvalue weighted by molar-refractivity contribution is 5.93. The number of carbonyl (C=O) groups is 1. The molecule has 0 aliphatic rings. The van der Waals surface area contributed by atoms with Crippen LogP contribution >= 0.6 is 0 Å². The van der Waals surface area contributed by atoms with Crippen molar-refractivity contribution in [2.75, 3.05) is 11.9 Å². The fourth-order valence-electron chi connectivity index (χ4n) is 3.00. The predicted octanol–water partition coefficient (Wildman–Crippen LogP) is 1.88. The van der Waals surface area contributed by atoms with Gasteiger partial charge in [-0.25, -0.2) is 9.78 Å². The summed E-state index contributed by atoms with van der Waals surface area (Å²) >= 11 is 0. The van der Waals surface area contributed by atoms with Gasteiger partial charge in [0.2, 0.25) is 5.91 Å². The molecular formula is C19H20F3N5O4. The largest absolute Gasteiger partial charge is 0.491 e. The van der Waals surface area contributed by atoms with E-state index in [-0.39, 0.29) is 29.2 Å². The number of anilines is 1. The van der Waals surface area contributed by atoms with Crippen LogP contribution in [0.1, 0.15) is 18.9 Å². The number of aryl methyl sites for hydroxylation is 1. The molecule has 9 nitrogen and oxygen atoms in total. The second-order valence-electron chi connectivity index (χ2n) is 6.86. The van der Waals surface area contributed by atoms with E-state index in [2.05, 4.69) is 10.3 Å². The number of hydrogen-bond acceptors (Lipinski definition) is 5. The number of benzene rings is 1. The normalized spacial score (nSPS) is 11.7. The average molecular weight is 439 g/mol. The Morgan fingerprint density at radius 2 is 1.90 bits per heavy atom. The maximum Gasteiger partial charge on any atom is 0.416 e. The first-order valence-corrected chi connectivity index (χ1v) is 9.29. The molecule has 1 aromatic carbocycles. The molecule has 0 saturated carbocycles. The Morgan fingerprint density at radius 3 is 2.55 bits per heavy atom. The van der Waals surface area contributed by atoms with E-state index >= 15 is 0 Å². The van der Waals surface area contributed by atoms with Gasteiger partial charge in [-0.1, -0.05) is 6.92 Å². The summed E-state index contributed by atoms with van der Waals surface area (Å²) in [5, 5.41) is 2.41. The van der Waals surface area contributed by atoms with Crippen LogP contribution in [-0.2, 0) is 31.6 Å². The van der Waals surface area contributed by atoms with Gasteiger partial charge in [0.05, 0.1) is 24.2 Å². The fraction of sp³-hybridized carbons (Fsp3) is 0.368. The topological polar surface area (TPSA) is 100 Å². The zero-order valence-electron chi connectivity index (χ0n) is 17.0. The van der Waals surface area contributed by atoms with E-state index in [1.807, 2.05) is 6.92 Å². The SMILES string of the molecule is CCCOc1ccc(C(F)(F)F)cc1NC(=O)Cn1cnc2c1c(=O)n(C)c(=O)n2C. The Bertz CT molecular complexity index is 1260. The average Bonchev–Trinajstić information content (AvgIpc) is 3.12. The minimum absolute atomic E-state index is 0.0197. The molecule has 1 N–H and O–H groups in total. The molecular weight excluding hydrogens is 419 g/mol. The monoisotopic (exact) mass is 439 g/mol. The summed E-state index contributed by atoms with van der Waals surface area (Å²) in [5.74, 6) is -0.604. The van der Waals surface area contributed by atoms with Crippen LogP contribution in [0.3, 0.4) is 0 Å². The van der Waals surface area contributed by atoms with Crippen LogP contribution < -0.4 is 21.3 Å². The quantitative estimate of drug-likeness (QED) is 0.632. The van der Waals surface area contributed by atoms with Crippen LogP contribution in [0.5, 0.6) is 5.75 Å². The summed E-state index contributed by atoms with van der Waals surface area (Å²) in [7, 11) is 2.73. The maximum absolute atomic E-state index is 13.1. The molecule has 1 amide bonds. The van der Waals surface area contributed by atoms with Crippen LogP contribution in [0, 0.1) is 0 Å². The number of ether oxygens (including phenoxy) is 1. The summed E-state index contributed by atoms with van der Waals surface area (Å²) in [5.41, 5.74) is -2.19. The van der Waals surface area contributed by atoms with Gasteiger partial charge in [0.25, 0.3) is 5.56 Å². The van der Waals surface area contributed by atoms with Gasteiger partial charge in [0.1, 0.15) is 12.3 Å². The number of amides is 1. The van der Waals surface area contributed by atoms with Crippen LogP contribution in [0.4, 0.5) is 18.9 Å². The van der Waals surface area contributed by atoms with Crippen LogP contribution in [0.2, 0.25) is 0 Å². The van der Waals surface area contributed by atoms with E-state index in [0.29, 0.717) is 6.42 Å². The molecule has 3 rings (SSSR count). The van der Waals surface area contributed by atoms with Crippen LogP contribution in [0.25, 0.3) is 11.2 Å². The van der Waals surface area contributed by atoms with Gasteiger partial charge in [0.15, 0.2) is 11.2 Å². The number of aromatic nitrogens is 4. The Labute approximate surface area is 173 Å². The number of nitrogens with zero attached hydrogens (tertiary/aromatic N) is 4. The molecule has 0 aliphatic carbocycles. The maximum atomic E-state index is 13.1. The summed E-state index contributed by atoms with van der Waals surface area (Å²) in [6, 6.07) is 2.80. The lowest BCUT2D eigenvalue weighted by atomic mass is 10.1. The molecule has 0 fully saturated rings. The number of alkyl halides is 3. The number of halogens is 3. The second kappa shape index (κ2) is 8.28. The number of rotatable bonds is 6. The molecule has 0 atom stereocenters. The first kappa shape index (κ1) is 22.1. The highest BCUT2D eigenvalue weighted by Gasteiger charge is 2.31. The Kier molecular flexibility index (Phi) is 5.91. The highest BCUT2D eigenvalue weighted by atomic mass is 19.4. The molecule has 2 heterocycles. The van der Waals surface area contributed by atoms with Crippen molar-refractivity contribution in [3.05, 3.63) is 50.9 Å². The smallest absolute Gasteiger partial charge is 0.416 e. The Morgan fingerprint density at radius 1 is 1.19 bits per heavy atom. The van der Waals surface area contributed by atoms with Gasteiger partial charge in [-0.05, 0) is 24.6 Å². The molecule has 31 heavy (non-hydrogen) atoms. The van der Waals surface area contributed by atoms with Gasteiger partial charge < -0.3 is 14.6 Å². The molecule has 0 aliphatic heterocycles. The van der Waals surface area contributed by atoms with Crippen molar-refractivity contribution in [3.8, 4) is 5.75 Å². The van der Waals surface area contributed by atoms with E-state index in [1.54, 1.807) is 0 Å². The van der Waals surface area contributed by atoms with Crippen molar-refractivity contribution >= 4 is 22.8 Å². The van der Waals surface area contributed by atoms with Crippen molar-refractivity contribution in [1.82, 2.24) is 18.7 Å².